The Morgan fingerprint density at radius 1 is 1.32 bits per heavy atom. The highest BCUT2D eigenvalue weighted by molar-refractivity contribution is 9.10. The molecular weight excluding hydrogens is 300 g/mol. The van der Waals surface area contributed by atoms with Crippen LogP contribution in [0.4, 0.5) is 5.69 Å². The highest BCUT2D eigenvalue weighted by Crippen LogP contribution is 2.35. The van der Waals surface area contributed by atoms with Crippen LogP contribution < -0.4 is 10.6 Å². The van der Waals surface area contributed by atoms with Crippen LogP contribution >= 0.6 is 15.9 Å². The third kappa shape index (κ3) is 4.22. The van der Waals surface area contributed by atoms with E-state index in [0.29, 0.717) is 5.92 Å². The molecule has 1 aromatic carbocycles. The van der Waals surface area contributed by atoms with Gasteiger partial charge < -0.3 is 10.6 Å². The molecule has 19 heavy (non-hydrogen) atoms. The molecule has 0 radical (unpaired) electrons. The Morgan fingerprint density at radius 3 is 2.53 bits per heavy atom. The van der Waals surface area contributed by atoms with Crippen LogP contribution in [-0.2, 0) is 6.42 Å². The number of benzene rings is 1. The lowest BCUT2D eigenvalue weighted by Crippen LogP contribution is -2.31. The van der Waals surface area contributed by atoms with Crippen molar-refractivity contribution in [3.63, 3.8) is 0 Å². The van der Waals surface area contributed by atoms with Crippen LogP contribution in [0.15, 0.2) is 22.7 Å². The van der Waals surface area contributed by atoms with Crippen LogP contribution in [0.3, 0.4) is 0 Å². The number of anilines is 1. The summed E-state index contributed by atoms with van der Waals surface area (Å²) >= 11 is 3.58. The standard InChI is InChI=1S/C16H25BrN2/c1-11(2)10-19(15-5-6-15)16-7-4-14(17)9-13(16)8-12(3)18/h4,7,9,11-12,15H,5-6,8,10,18H2,1-3H3. The molecule has 2 nitrogen and oxygen atoms in total. The topological polar surface area (TPSA) is 29.3 Å². The average molecular weight is 325 g/mol. The largest absolute Gasteiger partial charge is 0.368 e. The summed E-state index contributed by atoms with van der Waals surface area (Å²) in [5, 5.41) is 0. The van der Waals surface area contributed by atoms with Gasteiger partial charge in [0, 0.05) is 28.8 Å². The summed E-state index contributed by atoms with van der Waals surface area (Å²) in [6.07, 6.45) is 3.61. The number of nitrogens with two attached hydrogens (primary N) is 1. The lowest BCUT2D eigenvalue weighted by Gasteiger charge is -2.29. The van der Waals surface area contributed by atoms with Gasteiger partial charge in [-0.2, -0.15) is 0 Å². The zero-order valence-corrected chi connectivity index (χ0v) is 13.8. The SMILES string of the molecule is CC(C)CN(c1ccc(Br)cc1CC(C)N)C1CC1. The van der Waals surface area contributed by atoms with Crippen LogP contribution in [0.5, 0.6) is 0 Å². The second kappa shape index (κ2) is 6.27. The van der Waals surface area contributed by atoms with E-state index in [1.54, 1.807) is 0 Å². The maximum absolute atomic E-state index is 6.00. The van der Waals surface area contributed by atoms with Crippen LogP contribution in [0.2, 0.25) is 0 Å². The Labute approximate surface area is 125 Å². The van der Waals surface area contributed by atoms with Crippen molar-refractivity contribution in [1.29, 1.82) is 0 Å². The summed E-state index contributed by atoms with van der Waals surface area (Å²) in [6, 6.07) is 7.58. The molecule has 2 rings (SSSR count). The van der Waals surface area contributed by atoms with E-state index in [0.717, 1.165) is 23.5 Å². The summed E-state index contributed by atoms with van der Waals surface area (Å²) in [7, 11) is 0. The van der Waals surface area contributed by atoms with Gasteiger partial charge in [0.15, 0.2) is 0 Å². The maximum atomic E-state index is 6.00. The first-order chi connectivity index (χ1) is 8.97. The molecule has 1 unspecified atom stereocenters. The molecule has 0 amide bonds. The molecule has 0 heterocycles. The van der Waals surface area contributed by atoms with Crippen LogP contribution in [0, 0.1) is 5.92 Å². The van der Waals surface area contributed by atoms with E-state index in [1.165, 1.54) is 24.1 Å². The van der Waals surface area contributed by atoms with Crippen molar-refractivity contribution in [3.05, 3.63) is 28.2 Å². The molecule has 0 saturated heterocycles. The monoisotopic (exact) mass is 324 g/mol. The Balaban J connectivity index is 2.29. The van der Waals surface area contributed by atoms with E-state index in [-0.39, 0.29) is 6.04 Å². The lowest BCUT2D eigenvalue weighted by atomic mass is 10.0. The van der Waals surface area contributed by atoms with Crippen molar-refractivity contribution in [2.75, 3.05) is 11.4 Å². The molecule has 0 aliphatic heterocycles. The average Bonchev–Trinajstić information content (AvgIpc) is 3.09. The normalized spacial score (nSPS) is 16.7. The van der Waals surface area contributed by atoms with Gasteiger partial charge in [0.2, 0.25) is 0 Å². The number of hydrogen-bond donors (Lipinski definition) is 1. The fraction of sp³-hybridized carbons (Fsp3) is 0.625. The number of hydrogen-bond acceptors (Lipinski definition) is 2. The van der Waals surface area contributed by atoms with Gasteiger partial charge in [0.05, 0.1) is 0 Å². The van der Waals surface area contributed by atoms with Gasteiger partial charge >= 0.3 is 0 Å². The van der Waals surface area contributed by atoms with Gasteiger partial charge in [-0.3, -0.25) is 0 Å². The molecule has 1 fully saturated rings. The molecule has 0 bridgehead atoms. The predicted octanol–water partition coefficient (Wildman–Crippen LogP) is 3.96. The second-order valence-corrected chi connectivity index (χ2v) is 7.15. The molecule has 1 saturated carbocycles. The highest BCUT2D eigenvalue weighted by Gasteiger charge is 2.30. The van der Waals surface area contributed by atoms with Crippen molar-refractivity contribution >= 4 is 21.6 Å². The van der Waals surface area contributed by atoms with Crippen LogP contribution in [-0.4, -0.2) is 18.6 Å². The van der Waals surface area contributed by atoms with Gasteiger partial charge in [-0.15, -0.1) is 0 Å². The zero-order valence-electron chi connectivity index (χ0n) is 12.2. The van der Waals surface area contributed by atoms with Crippen molar-refractivity contribution in [2.24, 2.45) is 11.7 Å². The molecule has 1 aliphatic carbocycles. The van der Waals surface area contributed by atoms with Crippen molar-refractivity contribution < 1.29 is 0 Å². The van der Waals surface area contributed by atoms with Gasteiger partial charge in [-0.1, -0.05) is 29.8 Å². The van der Waals surface area contributed by atoms with E-state index >= 15 is 0 Å². The zero-order chi connectivity index (χ0) is 14.0. The molecule has 2 N–H and O–H groups in total. The van der Waals surface area contributed by atoms with E-state index in [4.69, 9.17) is 5.73 Å². The van der Waals surface area contributed by atoms with E-state index in [1.807, 2.05) is 0 Å². The van der Waals surface area contributed by atoms with Crippen LogP contribution in [0.1, 0.15) is 39.2 Å². The number of nitrogens with zero attached hydrogens (tertiary/aromatic N) is 1. The third-order valence-electron chi connectivity index (χ3n) is 3.44. The quantitative estimate of drug-likeness (QED) is 0.858. The van der Waals surface area contributed by atoms with E-state index in [9.17, 15) is 0 Å². The summed E-state index contributed by atoms with van der Waals surface area (Å²) in [5.74, 6) is 0.687. The molecule has 1 aliphatic rings. The summed E-state index contributed by atoms with van der Waals surface area (Å²) < 4.78 is 1.15. The minimum Gasteiger partial charge on any atom is -0.368 e. The first-order valence-electron chi connectivity index (χ1n) is 7.28. The first kappa shape index (κ1) is 14.9. The molecular formula is C16H25BrN2. The van der Waals surface area contributed by atoms with Crippen molar-refractivity contribution in [1.82, 2.24) is 0 Å². The van der Waals surface area contributed by atoms with E-state index in [2.05, 4.69) is 59.8 Å². The number of rotatable bonds is 6. The Morgan fingerprint density at radius 2 is 2.00 bits per heavy atom. The van der Waals surface area contributed by atoms with E-state index < -0.39 is 0 Å². The minimum absolute atomic E-state index is 0.202. The Kier molecular flexibility index (Phi) is 4.91. The molecule has 106 valence electrons. The number of halogens is 1. The Bertz CT molecular complexity index is 425. The molecule has 0 aromatic heterocycles. The van der Waals surface area contributed by atoms with Crippen LogP contribution in [0.25, 0.3) is 0 Å². The Hall–Kier alpha value is -0.540. The van der Waals surface area contributed by atoms with Crippen molar-refractivity contribution in [3.8, 4) is 0 Å². The molecule has 1 aromatic rings. The third-order valence-corrected chi connectivity index (χ3v) is 3.94. The molecule has 1 atom stereocenters. The van der Waals surface area contributed by atoms with Gasteiger partial charge in [0.25, 0.3) is 0 Å². The fourth-order valence-electron chi connectivity index (χ4n) is 2.57. The first-order valence-corrected chi connectivity index (χ1v) is 8.07. The summed E-state index contributed by atoms with van der Waals surface area (Å²) in [5.41, 5.74) is 8.76. The van der Waals surface area contributed by atoms with Crippen molar-refractivity contribution in [2.45, 2.75) is 52.1 Å². The summed E-state index contributed by atoms with van der Waals surface area (Å²) in [6.45, 7) is 7.80. The summed E-state index contributed by atoms with van der Waals surface area (Å²) in [4.78, 5) is 2.59. The maximum Gasteiger partial charge on any atom is 0.0402 e. The van der Waals surface area contributed by atoms with Gasteiger partial charge in [0.1, 0.15) is 0 Å². The fourth-order valence-corrected chi connectivity index (χ4v) is 2.98. The molecule has 3 heteroatoms. The highest BCUT2D eigenvalue weighted by atomic mass is 79.9. The van der Waals surface area contributed by atoms with Gasteiger partial charge in [-0.05, 0) is 55.9 Å². The lowest BCUT2D eigenvalue weighted by molar-refractivity contribution is 0.604. The van der Waals surface area contributed by atoms with Gasteiger partial charge in [-0.25, -0.2) is 0 Å². The predicted molar refractivity (Wildman–Crippen MR) is 86.7 cm³/mol. The second-order valence-electron chi connectivity index (χ2n) is 6.23. The smallest absolute Gasteiger partial charge is 0.0402 e. The minimum atomic E-state index is 0.202. The molecule has 0 spiro atoms.